The van der Waals surface area contributed by atoms with E-state index in [1.165, 1.54) is 0 Å². The van der Waals surface area contributed by atoms with E-state index in [0.29, 0.717) is 41.4 Å². The molecule has 32 heavy (non-hydrogen) atoms. The van der Waals surface area contributed by atoms with Crippen LogP contribution in [0.15, 0.2) is 60.8 Å². The van der Waals surface area contributed by atoms with Crippen LogP contribution in [0.4, 0.5) is 5.82 Å². The maximum atomic E-state index is 12.7. The first-order valence-corrected chi connectivity index (χ1v) is 10.4. The molecule has 1 amide bonds. The summed E-state index contributed by atoms with van der Waals surface area (Å²) in [7, 11) is 0. The summed E-state index contributed by atoms with van der Waals surface area (Å²) in [6, 6.07) is 19.1. The fourth-order valence-electron chi connectivity index (χ4n) is 3.17. The highest BCUT2D eigenvalue weighted by molar-refractivity contribution is 5.95. The molecule has 4 rings (SSSR count). The first-order valence-electron chi connectivity index (χ1n) is 10.4. The van der Waals surface area contributed by atoms with E-state index in [1.54, 1.807) is 35.1 Å². The zero-order chi connectivity index (χ0) is 22.5. The second-order valence-corrected chi connectivity index (χ2v) is 7.79. The number of benzene rings is 2. The number of carbonyl (C=O) groups excluding carboxylic acids is 1. The molecule has 2 aromatic carbocycles. The number of aromatic nitrogens is 4. The maximum absolute atomic E-state index is 12.7. The molecule has 0 atom stereocenters. The van der Waals surface area contributed by atoms with Crippen molar-refractivity contribution in [3.63, 3.8) is 0 Å². The van der Waals surface area contributed by atoms with Crippen LogP contribution >= 0.6 is 0 Å². The molecule has 0 unspecified atom stereocenters. The molecule has 2 aromatic heterocycles. The van der Waals surface area contributed by atoms with E-state index in [1.807, 2.05) is 44.2 Å². The van der Waals surface area contributed by atoms with Crippen molar-refractivity contribution in [2.75, 3.05) is 11.9 Å². The molecule has 2 heterocycles. The molecule has 0 aliphatic heterocycles. The molecule has 160 valence electrons. The number of carbonyl (C=O) groups is 1. The molecule has 0 saturated heterocycles. The Labute approximate surface area is 185 Å². The van der Waals surface area contributed by atoms with Gasteiger partial charge in [-0.1, -0.05) is 44.2 Å². The fourth-order valence-corrected chi connectivity index (χ4v) is 3.17. The van der Waals surface area contributed by atoms with E-state index in [2.05, 4.69) is 31.8 Å². The van der Waals surface area contributed by atoms with Gasteiger partial charge in [0.25, 0.3) is 5.91 Å². The van der Waals surface area contributed by atoms with Crippen molar-refractivity contribution in [1.29, 1.82) is 5.26 Å². The maximum Gasteiger partial charge on any atom is 0.289 e. The molecule has 2 N–H and O–H groups in total. The summed E-state index contributed by atoms with van der Waals surface area (Å²) in [5.74, 6) is 0.580. The van der Waals surface area contributed by atoms with E-state index >= 15 is 0 Å². The minimum atomic E-state index is -0.337. The summed E-state index contributed by atoms with van der Waals surface area (Å²) in [5, 5.41) is 20.4. The predicted molar refractivity (Wildman–Crippen MR) is 122 cm³/mol. The van der Waals surface area contributed by atoms with Crippen LogP contribution in [0, 0.1) is 17.2 Å². The van der Waals surface area contributed by atoms with Gasteiger partial charge in [-0.15, -0.1) is 0 Å². The van der Waals surface area contributed by atoms with Gasteiger partial charge in [-0.25, -0.2) is 14.6 Å². The Bertz CT molecular complexity index is 1270. The Hall–Kier alpha value is -4.25. The van der Waals surface area contributed by atoms with Gasteiger partial charge in [-0.05, 0) is 35.7 Å². The lowest BCUT2D eigenvalue weighted by Crippen LogP contribution is -2.29. The number of nitrogens with zero attached hydrogens (tertiary/aromatic N) is 5. The topological polar surface area (TPSA) is 109 Å². The van der Waals surface area contributed by atoms with Gasteiger partial charge in [0, 0.05) is 13.1 Å². The quantitative estimate of drug-likeness (QED) is 0.467. The van der Waals surface area contributed by atoms with Crippen molar-refractivity contribution in [3.8, 4) is 11.8 Å². The number of hydrogen-bond acceptors (Lipinski definition) is 6. The molecular weight excluding hydrogens is 402 g/mol. The van der Waals surface area contributed by atoms with Crippen molar-refractivity contribution in [3.05, 3.63) is 77.7 Å². The highest BCUT2D eigenvalue weighted by Crippen LogP contribution is 2.23. The number of nitrogens with one attached hydrogen (secondary N) is 2. The van der Waals surface area contributed by atoms with Gasteiger partial charge < -0.3 is 10.6 Å². The lowest BCUT2D eigenvalue weighted by molar-refractivity contribution is 0.0939. The number of nitriles is 1. The first-order chi connectivity index (χ1) is 15.5. The Balaban J connectivity index is 1.75. The molecular formula is C24H23N7O. The smallest absolute Gasteiger partial charge is 0.289 e. The van der Waals surface area contributed by atoms with E-state index in [4.69, 9.17) is 5.26 Å². The van der Waals surface area contributed by atoms with E-state index in [9.17, 15) is 4.79 Å². The lowest BCUT2D eigenvalue weighted by atomic mass is 10.2. The molecule has 4 aromatic rings. The summed E-state index contributed by atoms with van der Waals surface area (Å²) in [6.07, 6.45) is 1.68. The normalized spacial score (nSPS) is 10.8. The van der Waals surface area contributed by atoms with Crippen LogP contribution in [0.1, 0.15) is 35.6 Å². The molecule has 0 saturated carbocycles. The largest absolute Gasteiger partial charge is 0.365 e. The first kappa shape index (κ1) is 21.0. The van der Waals surface area contributed by atoms with Crippen molar-refractivity contribution >= 4 is 22.8 Å². The monoisotopic (exact) mass is 425 g/mol. The van der Waals surface area contributed by atoms with Crippen LogP contribution in [0.2, 0.25) is 0 Å². The van der Waals surface area contributed by atoms with Gasteiger partial charge >= 0.3 is 0 Å². The predicted octanol–water partition coefficient (Wildman–Crippen LogP) is 3.69. The van der Waals surface area contributed by atoms with Crippen LogP contribution < -0.4 is 10.6 Å². The van der Waals surface area contributed by atoms with Crippen LogP contribution in [0.3, 0.4) is 0 Å². The molecule has 8 nitrogen and oxygen atoms in total. The van der Waals surface area contributed by atoms with Crippen LogP contribution in [0.25, 0.3) is 16.7 Å². The van der Waals surface area contributed by atoms with Gasteiger partial charge in [0.1, 0.15) is 5.82 Å². The SMILES string of the molecule is CC(C)CNC(=O)c1nc(NCc2ccccc2)c2cnn(-c3ccc(C#N)cc3)c2n1. The van der Waals surface area contributed by atoms with Crippen LogP contribution in [-0.4, -0.2) is 32.2 Å². The average molecular weight is 425 g/mol. The minimum absolute atomic E-state index is 0.0732. The second-order valence-electron chi connectivity index (χ2n) is 7.79. The van der Waals surface area contributed by atoms with Gasteiger partial charge in [0.2, 0.25) is 5.82 Å². The zero-order valence-electron chi connectivity index (χ0n) is 17.9. The summed E-state index contributed by atoms with van der Waals surface area (Å²) >= 11 is 0. The molecule has 0 aliphatic rings. The molecule has 0 spiro atoms. The second kappa shape index (κ2) is 9.27. The average Bonchev–Trinajstić information content (AvgIpc) is 3.26. The highest BCUT2D eigenvalue weighted by Gasteiger charge is 2.18. The van der Waals surface area contributed by atoms with E-state index in [-0.39, 0.29) is 11.7 Å². The number of hydrogen-bond donors (Lipinski definition) is 2. The van der Waals surface area contributed by atoms with Crippen molar-refractivity contribution in [1.82, 2.24) is 25.1 Å². The third-order valence-electron chi connectivity index (χ3n) is 4.85. The lowest BCUT2D eigenvalue weighted by Gasteiger charge is -2.11. The Morgan fingerprint density at radius 2 is 1.84 bits per heavy atom. The number of rotatable bonds is 7. The summed E-state index contributed by atoms with van der Waals surface area (Å²) in [6.45, 7) is 5.12. The van der Waals surface area contributed by atoms with Crippen LogP contribution in [0.5, 0.6) is 0 Å². The van der Waals surface area contributed by atoms with E-state index < -0.39 is 0 Å². The molecule has 0 bridgehead atoms. The minimum Gasteiger partial charge on any atom is -0.365 e. The fraction of sp³-hybridized carbons (Fsp3) is 0.208. The standard InChI is InChI=1S/C24H23N7O/c1-16(2)13-27-24(32)22-29-21(26-14-18-6-4-3-5-7-18)20-15-28-31(23(20)30-22)19-10-8-17(12-25)9-11-19/h3-11,15-16H,13-14H2,1-2H3,(H,27,32)(H,26,29,30). The Morgan fingerprint density at radius 1 is 1.09 bits per heavy atom. The summed E-state index contributed by atoms with van der Waals surface area (Å²) in [5.41, 5.74) is 2.89. The zero-order valence-corrected chi connectivity index (χ0v) is 17.9. The molecule has 0 aliphatic carbocycles. The van der Waals surface area contributed by atoms with Gasteiger partial charge in [-0.3, -0.25) is 4.79 Å². The third-order valence-corrected chi connectivity index (χ3v) is 4.85. The van der Waals surface area contributed by atoms with Gasteiger partial charge in [0.05, 0.1) is 28.9 Å². The number of fused-ring (bicyclic) bond motifs is 1. The molecule has 0 radical (unpaired) electrons. The summed E-state index contributed by atoms with van der Waals surface area (Å²) < 4.78 is 1.64. The molecule has 8 heteroatoms. The van der Waals surface area contributed by atoms with E-state index in [0.717, 1.165) is 11.3 Å². The molecule has 0 fully saturated rings. The highest BCUT2D eigenvalue weighted by atomic mass is 16.2. The Morgan fingerprint density at radius 3 is 2.53 bits per heavy atom. The van der Waals surface area contributed by atoms with Gasteiger partial charge in [0.15, 0.2) is 5.65 Å². The van der Waals surface area contributed by atoms with Crippen LogP contribution in [-0.2, 0) is 6.54 Å². The summed E-state index contributed by atoms with van der Waals surface area (Å²) in [4.78, 5) is 21.8. The van der Waals surface area contributed by atoms with Crippen molar-refractivity contribution in [2.45, 2.75) is 20.4 Å². The number of amides is 1. The van der Waals surface area contributed by atoms with Crippen molar-refractivity contribution in [2.24, 2.45) is 5.92 Å². The van der Waals surface area contributed by atoms with Gasteiger partial charge in [-0.2, -0.15) is 10.4 Å². The Kier molecular flexibility index (Phi) is 6.08. The third kappa shape index (κ3) is 4.57. The number of anilines is 1. The van der Waals surface area contributed by atoms with Crippen molar-refractivity contribution < 1.29 is 4.79 Å².